The smallest absolute Gasteiger partial charge is 0.335 e. The minimum Gasteiger partial charge on any atom is -0.497 e. The number of azo groups is 1. The summed E-state index contributed by atoms with van der Waals surface area (Å²) in [6.45, 7) is 1.67. The molecule has 33 heavy (non-hydrogen) atoms. The molecular formula is C19H16N6O6S2. The van der Waals surface area contributed by atoms with Gasteiger partial charge in [-0.3, -0.25) is 4.55 Å². The minimum absolute atomic E-state index is 0.0381. The lowest BCUT2D eigenvalue weighted by molar-refractivity contribution is 0.0697. The maximum Gasteiger partial charge on any atom is 0.335 e. The van der Waals surface area contributed by atoms with Crippen LogP contribution in [-0.2, 0) is 10.1 Å². The molecule has 0 bridgehead atoms. The second kappa shape index (κ2) is 8.23. The fourth-order valence-corrected chi connectivity index (χ4v) is 4.59. The molecule has 4 aromatic rings. The van der Waals surface area contributed by atoms with Gasteiger partial charge in [-0.2, -0.15) is 13.5 Å². The highest BCUT2D eigenvalue weighted by molar-refractivity contribution is 7.86. The molecule has 2 aromatic carbocycles. The molecule has 12 nitrogen and oxygen atoms in total. The Morgan fingerprint density at radius 2 is 1.91 bits per heavy atom. The standard InChI is InChI=1S/C19H16N6O6S2/c1-9-15(17(20)25(24-9)11-5-3-10(4-6-11)18(26)27)22-23-19-21-16-13(32-19)7-12(31-2)8-14(16)33(28,29)30/h3-8H,20H2,1-2H3,(H,26,27)(H,28,29,30). The van der Waals surface area contributed by atoms with Crippen molar-refractivity contribution < 1.29 is 27.6 Å². The molecule has 0 radical (unpaired) electrons. The number of thiazole rings is 1. The van der Waals surface area contributed by atoms with Crippen LogP contribution < -0.4 is 10.5 Å². The van der Waals surface area contributed by atoms with Crippen LogP contribution in [0.25, 0.3) is 15.9 Å². The first-order valence-electron chi connectivity index (χ1n) is 9.15. The highest BCUT2D eigenvalue weighted by Crippen LogP contribution is 2.37. The molecule has 0 amide bonds. The Morgan fingerprint density at radius 3 is 2.52 bits per heavy atom. The Kier molecular flexibility index (Phi) is 5.57. The minimum atomic E-state index is -4.54. The van der Waals surface area contributed by atoms with E-state index >= 15 is 0 Å². The molecule has 0 saturated heterocycles. The molecule has 4 N–H and O–H groups in total. The van der Waals surface area contributed by atoms with Crippen molar-refractivity contribution in [2.24, 2.45) is 10.2 Å². The number of carboxylic acid groups (broad SMARTS) is 1. The van der Waals surface area contributed by atoms with E-state index in [1.54, 1.807) is 25.1 Å². The molecule has 0 fully saturated rings. The third-order valence-corrected chi connectivity index (χ3v) is 6.35. The van der Waals surface area contributed by atoms with Crippen molar-refractivity contribution in [2.45, 2.75) is 11.8 Å². The zero-order valence-corrected chi connectivity index (χ0v) is 18.8. The van der Waals surface area contributed by atoms with Gasteiger partial charge in [0, 0.05) is 6.07 Å². The number of hydrogen-bond acceptors (Lipinski definition) is 10. The third-order valence-electron chi connectivity index (χ3n) is 4.59. The Morgan fingerprint density at radius 1 is 1.21 bits per heavy atom. The molecule has 4 rings (SSSR count). The molecule has 0 atom stereocenters. The quantitative estimate of drug-likeness (QED) is 0.269. The van der Waals surface area contributed by atoms with Gasteiger partial charge in [0.1, 0.15) is 16.2 Å². The summed E-state index contributed by atoms with van der Waals surface area (Å²) >= 11 is 1.04. The summed E-state index contributed by atoms with van der Waals surface area (Å²) in [4.78, 5) is 14.8. The number of carbonyl (C=O) groups is 1. The highest BCUT2D eigenvalue weighted by Gasteiger charge is 2.20. The Labute approximate surface area is 190 Å². The number of rotatable bonds is 6. The van der Waals surface area contributed by atoms with E-state index in [0.717, 1.165) is 11.3 Å². The maximum atomic E-state index is 11.7. The van der Waals surface area contributed by atoms with Crippen molar-refractivity contribution in [1.29, 1.82) is 0 Å². The van der Waals surface area contributed by atoms with E-state index in [2.05, 4.69) is 20.3 Å². The normalized spacial score (nSPS) is 12.0. The van der Waals surface area contributed by atoms with Crippen LogP contribution in [0.2, 0.25) is 0 Å². The Hall–Kier alpha value is -3.88. The van der Waals surface area contributed by atoms with E-state index in [0.29, 0.717) is 16.1 Å². The molecule has 0 aliphatic heterocycles. The first kappa shape index (κ1) is 22.3. The van der Waals surface area contributed by atoms with Crippen LogP contribution in [-0.4, -0.2) is 45.9 Å². The zero-order chi connectivity index (χ0) is 23.9. The fourth-order valence-electron chi connectivity index (χ4n) is 3.02. The van der Waals surface area contributed by atoms with Gasteiger partial charge in [-0.1, -0.05) is 11.3 Å². The number of aromatic carboxylic acids is 1. The number of nitrogens with zero attached hydrogens (tertiary/aromatic N) is 5. The molecule has 0 aliphatic carbocycles. The molecule has 0 unspecified atom stereocenters. The summed E-state index contributed by atoms with van der Waals surface area (Å²) in [5, 5.41) is 21.7. The van der Waals surface area contributed by atoms with Crippen LogP contribution in [0.5, 0.6) is 5.75 Å². The van der Waals surface area contributed by atoms with Gasteiger partial charge in [0.2, 0.25) is 5.13 Å². The molecule has 170 valence electrons. The second-order valence-electron chi connectivity index (χ2n) is 6.73. The zero-order valence-electron chi connectivity index (χ0n) is 17.1. The summed E-state index contributed by atoms with van der Waals surface area (Å²) < 4.78 is 39.9. The molecule has 2 heterocycles. The lowest BCUT2D eigenvalue weighted by Gasteiger charge is -2.04. The number of anilines is 1. The molecule has 14 heteroatoms. The highest BCUT2D eigenvalue weighted by atomic mass is 32.2. The monoisotopic (exact) mass is 488 g/mol. The van der Waals surface area contributed by atoms with Gasteiger partial charge >= 0.3 is 5.97 Å². The first-order chi connectivity index (χ1) is 15.6. The topological polar surface area (TPSA) is 182 Å². The number of aromatic nitrogens is 3. The number of aryl methyl sites for hydroxylation is 1. The largest absolute Gasteiger partial charge is 0.497 e. The van der Waals surface area contributed by atoms with Gasteiger partial charge in [0.25, 0.3) is 10.1 Å². The summed E-state index contributed by atoms with van der Waals surface area (Å²) in [5.41, 5.74) is 7.60. The van der Waals surface area contributed by atoms with Crippen LogP contribution >= 0.6 is 11.3 Å². The van der Waals surface area contributed by atoms with Crippen molar-refractivity contribution in [1.82, 2.24) is 14.8 Å². The first-order valence-corrected chi connectivity index (χ1v) is 11.4. The van der Waals surface area contributed by atoms with E-state index in [1.807, 2.05) is 0 Å². The lowest BCUT2D eigenvalue weighted by atomic mass is 10.2. The van der Waals surface area contributed by atoms with Gasteiger partial charge in [-0.05, 0) is 37.3 Å². The lowest BCUT2D eigenvalue weighted by Crippen LogP contribution is -2.03. The predicted molar refractivity (Wildman–Crippen MR) is 120 cm³/mol. The fraction of sp³-hybridized carbons (Fsp3) is 0.105. The van der Waals surface area contributed by atoms with Gasteiger partial charge in [-0.15, -0.1) is 10.2 Å². The number of nitrogens with two attached hydrogens (primary N) is 1. The maximum absolute atomic E-state index is 11.7. The van der Waals surface area contributed by atoms with E-state index in [9.17, 15) is 17.8 Å². The van der Waals surface area contributed by atoms with Crippen LogP contribution in [0.4, 0.5) is 16.6 Å². The Balaban J connectivity index is 1.72. The van der Waals surface area contributed by atoms with Crippen LogP contribution in [0.3, 0.4) is 0 Å². The van der Waals surface area contributed by atoms with Crippen LogP contribution in [0.15, 0.2) is 51.5 Å². The average Bonchev–Trinajstić information content (AvgIpc) is 3.30. The number of carboxylic acids is 1. The summed E-state index contributed by atoms with van der Waals surface area (Å²) in [7, 11) is -3.17. The number of hydrogen-bond donors (Lipinski definition) is 3. The van der Waals surface area contributed by atoms with Gasteiger partial charge in [0.05, 0.1) is 28.8 Å². The number of fused-ring (bicyclic) bond motifs is 1. The SMILES string of the molecule is COc1cc(S(=O)(=O)O)c2nc(N=Nc3c(C)nn(-c4ccc(C(=O)O)cc4)c3N)sc2c1. The van der Waals surface area contributed by atoms with Crippen molar-refractivity contribution in [3.8, 4) is 11.4 Å². The molecule has 2 aromatic heterocycles. The van der Waals surface area contributed by atoms with Gasteiger partial charge < -0.3 is 15.6 Å². The van der Waals surface area contributed by atoms with Gasteiger partial charge in [-0.25, -0.2) is 14.5 Å². The molecular weight excluding hydrogens is 472 g/mol. The van der Waals surface area contributed by atoms with E-state index in [1.165, 1.54) is 30.0 Å². The number of methoxy groups -OCH3 is 1. The molecule has 0 spiro atoms. The molecule has 0 saturated carbocycles. The van der Waals surface area contributed by atoms with E-state index in [4.69, 9.17) is 15.6 Å². The van der Waals surface area contributed by atoms with E-state index < -0.39 is 21.0 Å². The third kappa shape index (κ3) is 4.26. The van der Waals surface area contributed by atoms with Gasteiger partial charge in [0.15, 0.2) is 11.5 Å². The van der Waals surface area contributed by atoms with Crippen molar-refractivity contribution in [3.63, 3.8) is 0 Å². The summed E-state index contributed by atoms with van der Waals surface area (Å²) in [6.07, 6.45) is 0. The van der Waals surface area contributed by atoms with E-state index in [-0.39, 0.29) is 33.5 Å². The average molecular weight is 489 g/mol. The second-order valence-corrected chi connectivity index (χ2v) is 9.13. The van der Waals surface area contributed by atoms with Crippen molar-refractivity contribution in [2.75, 3.05) is 12.8 Å². The van der Waals surface area contributed by atoms with Crippen LogP contribution in [0, 0.1) is 6.92 Å². The van der Waals surface area contributed by atoms with Crippen molar-refractivity contribution >= 4 is 54.3 Å². The summed E-state index contributed by atoms with van der Waals surface area (Å²) in [6, 6.07) is 8.71. The number of nitrogen functional groups attached to an aromatic ring is 1. The molecule has 0 aliphatic rings. The Bertz CT molecular complexity index is 1520. The predicted octanol–water partition coefficient (Wildman–Crippen LogP) is 3.74. The van der Waals surface area contributed by atoms with Crippen LogP contribution in [0.1, 0.15) is 16.1 Å². The number of ether oxygens (including phenoxy) is 1. The van der Waals surface area contributed by atoms with Crippen molar-refractivity contribution in [3.05, 3.63) is 47.7 Å². The summed E-state index contributed by atoms with van der Waals surface area (Å²) in [5.74, 6) is -0.649. The number of benzene rings is 2.